The summed E-state index contributed by atoms with van der Waals surface area (Å²) in [7, 11) is 0. The molecule has 0 spiro atoms. The van der Waals surface area contributed by atoms with E-state index in [1.807, 2.05) is 12.3 Å². The Morgan fingerprint density at radius 3 is 1.45 bits per heavy atom. The van der Waals surface area contributed by atoms with Crippen molar-refractivity contribution in [3.63, 3.8) is 0 Å². The van der Waals surface area contributed by atoms with Crippen molar-refractivity contribution < 1.29 is 0 Å². The molecule has 0 saturated heterocycles. The molecule has 0 unspecified atom stereocenters. The lowest BCUT2D eigenvalue weighted by molar-refractivity contribution is 1.28. The number of pyridine rings is 1. The van der Waals surface area contributed by atoms with Crippen LogP contribution < -0.4 is 4.90 Å². The summed E-state index contributed by atoms with van der Waals surface area (Å²) in [6.45, 7) is 0. The van der Waals surface area contributed by atoms with Crippen molar-refractivity contribution in [3.8, 4) is 33.4 Å². The Labute approximate surface area is 261 Å². The van der Waals surface area contributed by atoms with Crippen LogP contribution in [0.4, 0.5) is 17.1 Å². The van der Waals surface area contributed by atoms with E-state index in [-0.39, 0.29) is 0 Å². The molecular formula is C41H28N2S. The number of nitrogens with zero attached hydrogens (tertiary/aromatic N) is 2. The lowest BCUT2D eigenvalue weighted by atomic mass is 9.99. The quantitative estimate of drug-likeness (QED) is 0.194. The van der Waals surface area contributed by atoms with Crippen LogP contribution in [0.5, 0.6) is 0 Å². The first-order chi connectivity index (χ1) is 21.8. The zero-order chi connectivity index (χ0) is 29.3. The van der Waals surface area contributed by atoms with Crippen molar-refractivity contribution in [3.05, 3.63) is 170 Å². The minimum Gasteiger partial charge on any atom is -0.311 e. The van der Waals surface area contributed by atoms with Gasteiger partial charge in [0.15, 0.2) is 0 Å². The molecule has 0 aliphatic heterocycles. The topological polar surface area (TPSA) is 16.1 Å². The number of rotatable bonds is 6. The highest BCUT2D eigenvalue weighted by Crippen LogP contribution is 2.41. The van der Waals surface area contributed by atoms with E-state index in [9.17, 15) is 0 Å². The van der Waals surface area contributed by atoms with E-state index in [0.29, 0.717) is 0 Å². The number of fused-ring (bicyclic) bond motifs is 3. The number of hydrogen-bond acceptors (Lipinski definition) is 3. The normalized spacial score (nSPS) is 11.2. The van der Waals surface area contributed by atoms with Crippen LogP contribution in [-0.2, 0) is 0 Å². The Morgan fingerprint density at radius 2 is 0.909 bits per heavy atom. The smallest absolute Gasteiger partial charge is 0.124 e. The van der Waals surface area contributed by atoms with Crippen LogP contribution in [-0.4, -0.2) is 4.98 Å². The molecule has 208 valence electrons. The summed E-state index contributed by atoms with van der Waals surface area (Å²) in [5.74, 6) is 0. The summed E-state index contributed by atoms with van der Waals surface area (Å²) in [5, 5.41) is 2.49. The lowest BCUT2D eigenvalue weighted by Gasteiger charge is -2.26. The number of hydrogen-bond donors (Lipinski definition) is 0. The SMILES string of the molecule is c1ccc(-c2ccc(N(c3ccc(-c4ccccc4)cc3)c3ccc(-c4cccc5sc6ncccc6c45)cc3)cc2)cc1. The van der Waals surface area contributed by atoms with E-state index in [2.05, 4.69) is 168 Å². The predicted octanol–water partition coefficient (Wildman–Crippen LogP) is 11.9. The van der Waals surface area contributed by atoms with Gasteiger partial charge in [0.25, 0.3) is 0 Å². The maximum absolute atomic E-state index is 4.62. The molecule has 0 aliphatic carbocycles. The van der Waals surface area contributed by atoms with E-state index < -0.39 is 0 Å². The molecule has 44 heavy (non-hydrogen) atoms. The zero-order valence-electron chi connectivity index (χ0n) is 24.0. The molecule has 6 aromatic carbocycles. The summed E-state index contributed by atoms with van der Waals surface area (Å²) in [6, 6.07) is 58.5. The molecule has 0 radical (unpaired) electrons. The summed E-state index contributed by atoms with van der Waals surface area (Å²) in [4.78, 5) is 8.03. The first-order valence-electron chi connectivity index (χ1n) is 14.8. The molecule has 0 bridgehead atoms. The van der Waals surface area contributed by atoms with Gasteiger partial charge in [0.05, 0.1) is 0 Å². The standard InChI is InChI=1S/C41H28N2S/c1-3-9-29(10-4-1)31-16-22-34(23-17-31)43(35-24-18-32(19-25-35)30-11-5-2-6-12-30)36-26-20-33(21-27-36)37-13-7-15-39-40(37)38-14-8-28-42-41(38)44-39/h1-28H. The van der Waals surface area contributed by atoms with Gasteiger partial charge < -0.3 is 4.90 Å². The molecule has 0 atom stereocenters. The summed E-state index contributed by atoms with van der Waals surface area (Å²) >= 11 is 1.75. The van der Waals surface area contributed by atoms with Gasteiger partial charge in [-0.3, -0.25) is 0 Å². The summed E-state index contributed by atoms with van der Waals surface area (Å²) < 4.78 is 1.26. The first kappa shape index (κ1) is 26.1. The molecule has 0 aliphatic rings. The maximum atomic E-state index is 4.62. The number of benzene rings is 6. The second kappa shape index (κ2) is 11.3. The van der Waals surface area contributed by atoms with E-state index in [4.69, 9.17) is 0 Å². The second-order valence-corrected chi connectivity index (χ2v) is 11.9. The average molecular weight is 581 g/mol. The van der Waals surface area contributed by atoms with Crippen LogP contribution in [0.3, 0.4) is 0 Å². The van der Waals surface area contributed by atoms with E-state index in [0.717, 1.165) is 21.9 Å². The highest BCUT2D eigenvalue weighted by Gasteiger charge is 2.15. The van der Waals surface area contributed by atoms with Crippen molar-refractivity contribution in [2.24, 2.45) is 0 Å². The van der Waals surface area contributed by atoms with E-state index >= 15 is 0 Å². The number of aromatic nitrogens is 1. The number of thiophene rings is 1. The molecule has 0 fully saturated rings. The average Bonchev–Trinajstić information content (AvgIpc) is 3.49. The van der Waals surface area contributed by atoms with E-state index in [1.165, 1.54) is 48.9 Å². The molecule has 0 amide bonds. The van der Waals surface area contributed by atoms with Crippen molar-refractivity contribution in [1.82, 2.24) is 4.98 Å². The number of anilines is 3. The molecule has 8 rings (SSSR count). The molecule has 3 heteroatoms. The molecule has 2 aromatic heterocycles. The Balaban J connectivity index is 1.20. The highest BCUT2D eigenvalue weighted by atomic mass is 32.1. The van der Waals surface area contributed by atoms with Crippen molar-refractivity contribution in [2.45, 2.75) is 0 Å². The van der Waals surface area contributed by atoms with Gasteiger partial charge in [-0.05, 0) is 88.0 Å². The molecule has 0 N–H and O–H groups in total. The second-order valence-electron chi connectivity index (χ2n) is 10.8. The van der Waals surface area contributed by atoms with Gasteiger partial charge >= 0.3 is 0 Å². The van der Waals surface area contributed by atoms with Gasteiger partial charge in [-0.15, -0.1) is 11.3 Å². The van der Waals surface area contributed by atoms with Crippen LogP contribution in [0.15, 0.2) is 170 Å². The van der Waals surface area contributed by atoms with Gasteiger partial charge in [-0.1, -0.05) is 109 Å². The van der Waals surface area contributed by atoms with Crippen LogP contribution in [0.2, 0.25) is 0 Å². The van der Waals surface area contributed by atoms with Crippen LogP contribution >= 0.6 is 11.3 Å². The fraction of sp³-hybridized carbons (Fsp3) is 0. The molecule has 2 heterocycles. The van der Waals surface area contributed by atoms with Gasteiger partial charge in [-0.25, -0.2) is 4.98 Å². The third-order valence-electron chi connectivity index (χ3n) is 8.18. The maximum Gasteiger partial charge on any atom is 0.124 e. The third-order valence-corrected chi connectivity index (χ3v) is 9.25. The summed E-state index contributed by atoms with van der Waals surface area (Å²) in [6.07, 6.45) is 1.87. The Hall–Kier alpha value is -5.51. The van der Waals surface area contributed by atoms with Crippen molar-refractivity contribution >= 4 is 48.7 Å². The van der Waals surface area contributed by atoms with Crippen LogP contribution in [0.25, 0.3) is 53.7 Å². The lowest BCUT2D eigenvalue weighted by Crippen LogP contribution is -2.09. The Kier molecular flexibility index (Phi) is 6.71. The fourth-order valence-electron chi connectivity index (χ4n) is 6.01. The van der Waals surface area contributed by atoms with Gasteiger partial charge in [0.2, 0.25) is 0 Å². The minimum absolute atomic E-state index is 1.08. The molecule has 2 nitrogen and oxygen atoms in total. The molecular weight excluding hydrogens is 553 g/mol. The van der Waals surface area contributed by atoms with Crippen LogP contribution in [0.1, 0.15) is 0 Å². The summed E-state index contributed by atoms with van der Waals surface area (Å²) in [5.41, 5.74) is 10.6. The Bertz CT molecular complexity index is 2100. The third kappa shape index (κ3) is 4.84. The zero-order valence-corrected chi connectivity index (χ0v) is 24.8. The van der Waals surface area contributed by atoms with Crippen molar-refractivity contribution in [2.75, 3.05) is 4.90 Å². The largest absolute Gasteiger partial charge is 0.311 e. The minimum atomic E-state index is 1.08. The first-order valence-corrected chi connectivity index (χ1v) is 15.6. The monoisotopic (exact) mass is 580 g/mol. The van der Waals surface area contributed by atoms with E-state index in [1.54, 1.807) is 11.3 Å². The van der Waals surface area contributed by atoms with Gasteiger partial charge in [-0.2, -0.15) is 0 Å². The highest BCUT2D eigenvalue weighted by molar-refractivity contribution is 7.25. The van der Waals surface area contributed by atoms with Gasteiger partial charge in [0.1, 0.15) is 4.83 Å². The van der Waals surface area contributed by atoms with Crippen molar-refractivity contribution in [1.29, 1.82) is 0 Å². The predicted molar refractivity (Wildman–Crippen MR) is 188 cm³/mol. The van der Waals surface area contributed by atoms with Gasteiger partial charge in [0, 0.05) is 38.7 Å². The molecule has 8 aromatic rings. The Morgan fingerprint density at radius 1 is 0.409 bits per heavy atom. The molecule has 0 saturated carbocycles. The fourth-order valence-corrected chi connectivity index (χ4v) is 7.08. The van der Waals surface area contributed by atoms with Crippen LogP contribution in [0, 0.1) is 0 Å².